The average Bonchev–Trinajstić information content (AvgIpc) is 2.26. The number of halogens is 4. The van der Waals surface area contributed by atoms with Gasteiger partial charge in [0.2, 0.25) is 0 Å². The van der Waals surface area contributed by atoms with E-state index in [-0.39, 0.29) is 11.6 Å². The van der Waals surface area contributed by atoms with Gasteiger partial charge in [0.15, 0.2) is 0 Å². The second-order valence-electron chi connectivity index (χ2n) is 3.48. The lowest BCUT2D eigenvalue weighted by atomic mass is 9.74. The molecule has 0 spiro atoms. The van der Waals surface area contributed by atoms with Crippen molar-refractivity contribution in [3.05, 3.63) is 42.0 Å². The molecule has 1 unspecified atom stereocenters. The molecule has 0 saturated carbocycles. The fraction of sp³-hybridized carbons (Fsp3) is 0.182. The standard InChI is InChI=1S/C11H6F4O/c12-9(16)11(15)8(6-10(11,13)14)7-4-2-1-3-5-7/h1-6H. The highest BCUT2D eigenvalue weighted by Gasteiger charge is 2.69. The normalized spacial score (nSPS) is 26.9. The van der Waals surface area contributed by atoms with Gasteiger partial charge in [-0.3, -0.25) is 4.79 Å². The van der Waals surface area contributed by atoms with Gasteiger partial charge in [-0.15, -0.1) is 0 Å². The summed E-state index contributed by atoms with van der Waals surface area (Å²) in [6.45, 7) is 0. The van der Waals surface area contributed by atoms with Crippen molar-refractivity contribution in [1.82, 2.24) is 0 Å². The Bertz CT molecular complexity index is 466. The van der Waals surface area contributed by atoms with Gasteiger partial charge in [0.1, 0.15) is 0 Å². The molecule has 1 aromatic carbocycles. The molecule has 0 amide bonds. The van der Waals surface area contributed by atoms with Crippen molar-refractivity contribution in [2.75, 3.05) is 0 Å². The largest absolute Gasteiger partial charge is 0.349 e. The highest BCUT2D eigenvalue weighted by Crippen LogP contribution is 2.53. The van der Waals surface area contributed by atoms with Gasteiger partial charge in [-0.05, 0) is 11.6 Å². The van der Waals surface area contributed by atoms with Crippen LogP contribution >= 0.6 is 0 Å². The Morgan fingerprint density at radius 2 is 1.62 bits per heavy atom. The maximum absolute atomic E-state index is 13.6. The van der Waals surface area contributed by atoms with E-state index in [2.05, 4.69) is 0 Å². The summed E-state index contributed by atoms with van der Waals surface area (Å²) in [5, 5.41) is 0. The van der Waals surface area contributed by atoms with E-state index in [1.54, 1.807) is 6.07 Å². The van der Waals surface area contributed by atoms with Crippen LogP contribution < -0.4 is 0 Å². The molecule has 0 N–H and O–H groups in total. The third-order valence-electron chi connectivity index (χ3n) is 2.51. The lowest BCUT2D eigenvalue weighted by molar-refractivity contribution is -0.159. The molecule has 0 fully saturated rings. The molecule has 0 aliphatic heterocycles. The lowest BCUT2D eigenvalue weighted by Crippen LogP contribution is -2.56. The number of hydrogen-bond donors (Lipinski definition) is 0. The number of carbonyl (C=O) groups excluding carboxylic acids is 1. The van der Waals surface area contributed by atoms with Crippen LogP contribution in [0.5, 0.6) is 0 Å². The first-order valence-corrected chi connectivity index (χ1v) is 4.45. The highest BCUT2D eigenvalue weighted by atomic mass is 19.3. The molecular formula is C11H6F4O. The van der Waals surface area contributed by atoms with Crippen molar-refractivity contribution < 1.29 is 22.4 Å². The molecule has 0 radical (unpaired) electrons. The molecule has 0 aromatic heterocycles. The summed E-state index contributed by atoms with van der Waals surface area (Å²) in [6.07, 6.45) is 0.264. The molecule has 0 saturated heterocycles. The minimum Gasteiger partial charge on any atom is -0.257 e. The van der Waals surface area contributed by atoms with Crippen LogP contribution in [-0.4, -0.2) is 17.6 Å². The zero-order valence-electron chi connectivity index (χ0n) is 7.88. The zero-order valence-corrected chi connectivity index (χ0v) is 7.88. The number of benzene rings is 1. The topological polar surface area (TPSA) is 17.1 Å². The van der Waals surface area contributed by atoms with E-state index < -0.39 is 23.2 Å². The van der Waals surface area contributed by atoms with Crippen LogP contribution in [0.4, 0.5) is 17.6 Å². The van der Waals surface area contributed by atoms with Crippen LogP contribution in [0.15, 0.2) is 36.4 Å². The number of hydrogen-bond acceptors (Lipinski definition) is 1. The molecule has 5 heteroatoms. The molecule has 2 rings (SSSR count). The van der Waals surface area contributed by atoms with E-state index in [0.29, 0.717) is 0 Å². The van der Waals surface area contributed by atoms with Crippen molar-refractivity contribution >= 4 is 11.6 Å². The fourth-order valence-electron chi connectivity index (χ4n) is 1.62. The maximum atomic E-state index is 13.6. The van der Waals surface area contributed by atoms with Crippen LogP contribution in [0.3, 0.4) is 0 Å². The van der Waals surface area contributed by atoms with Crippen LogP contribution in [0.1, 0.15) is 5.56 Å². The molecule has 1 atom stereocenters. The molecule has 0 heterocycles. The Labute approximate surface area is 88.4 Å². The summed E-state index contributed by atoms with van der Waals surface area (Å²) in [5.41, 5.74) is -4.39. The van der Waals surface area contributed by atoms with E-state index in [4.69, 9.17) is 0 Å². The summed E-state index contributed by atoms with van der Waals surface area (Å²) >= 11 is 0. The average molecular weight is 230 g/mol. The van der Waals surface area contributed by atoms with Gasteiger partial charge in [-0.25, -0.2) is 4.39 Å². The molecule has 0 bridgehead atoms. The Hall–Kier alpha value is -1.65. The SMILES string of the molecule is O=C(F)C1(F)C(c2ccccc2)=CC1(F)F. The molecule has 1 aliphatic rings. The summed E-state index contributed by atoms with van der Waals surface area (Å²) < 4.78 is 51.8. The second-order valence-corrected chi connectivity index (χ2v) is 3.48. The Morgan fingerprint density at radius 3 is 2.06 bits per heavy atom. The third-order valence-corrected chi connectivity index (χ3v) is 2.51. The molecule has 1 nitrogen and oxygen atoms in total. The highest BCUT2D eigenvalue weighted by molar-refractivity contribution is 6.02. The van der Waals surface area contributed by atoms with Crippen LogP contribution in [0, 0.1) is 0 Å². The summed E-state index contributed by atoms with van der Waals surface area (Å²) in [4.78, 5) is 10.4. The molecule has 1 aromatic rings. The van der Waals surface area contributed by atoms with Gasteiger partial charge < -0.3 is 0 Å². The first kappa shape index (κ1) is 10.9. The minimum absolute atomic E-state index is 0.0712. The summed E-state index contributed by atoms with van der Waals surface area (Å²) in [7, 11) is 0. The first-order valence-electron chi connectivity index (χ1n) is 4.45. The van der Waals surface area contributed by atoms with Gasteiger partial charge in [-0.2, -0.15) is 13.2 Å². The number of carbonyl (C=O) groups is 1. The molecular weight excluding hydrogens is 224 g/mol. The lowest BCUT2D eigenvalue weighted by Gasteiger charge is -2.38. The van der Waals surface area contributed by atoms with Gasteiger partial charge in [0.25, 0.3) is 5.67 Å². The Balaban J connectivity index is 2.50. The minimum atomic E-state index is -4.08. The van der Waals surface area contributed by atoms with Gasteiger partial charge >= 0.3 is 12.0 Å². The maximum Gasteiger partial charge on any atom is 0.349 e. The van der Waals surface area contributed by atoms with Gasteiger partial charge in [0.05, 0.1) is 0 Å². The van der Waals surface area contributed by atoms with E-state index in [0.717, 1.165) is 0 Å². The van der Waals surface area contributed by atoms with Crippen molar-refractivity contribution in [3.63, 3.8) is 0 Å². The number of allylic oxidation sites excluding steroid dienone is 2. The number of rotatable bonds is 2. The summed E-state index contributed by atoms with van der Waals surface area (Å²) in [6, 6.07) is 4.55. The zero-order chi connectivity index (χ0) is 12.0. The third kappa shape index (κ3) is 1.20. The van der Waals surface area contributed by atoms with Crippen molar-refractivity contribution in [1.29, 1.82) is 0 Å². The van der Waals surface area contributed by atoms with E-state index in [1.165, 1.54) is 24.3 Å². The van der Waals surface area contributed by atoms with Crippen LogP contribution in [0.2, 0.25) is 0 Å². The van der Waals surface area contributed by atoms with Crippen molar-refractivity contribution in [3.8, 4) is 0 Å². The smallest absolute Gasteiger partial charge is 0.257 e. The molecule has 84 valence electrons. The summed E-state index contributed by atoms with van der Waals surface area (Å²) in [5.74, 6) is -4.08. The fourth-order valence-corrected chi connectivity index (χ4v) is 1.62. The Morgan fingerprint density at radius 1 is 1.06 bits per heavy atom. The van der Waals surface area contributed by atoms with E-state index >= 15 is 0 Å². The predicted molar refractivity (Wildman–Crippen MR) is 49.3 cm³/mol. The van der Waals surface area contributed by atoms with Gasteiger partial charge in [-0.1, -0.05) is 30.3 Å². The Kier molecular flexibility index (Phi) is 2.15. The van der Waals surface area contributed by atoms with Crippen LogP contribution in [0.25, 0.3) is 5.57 Å². The van der Waals surface area contributed by atoms with Gasteiger partial charge in [0, 0.05) is 5.57 Å². The van der Waals surface area contributed by atoms with Crippen LogP contribution in [-0.2, 0) is 4.79 Å². The van der Waals surface area contributed by atoms with E-state index in [9.17, 15) is 22.4 Å². The van der Waals surface area contributed by atoms with Crippen molar-refractivity contribution in [2.24, 2.45) is 0 Å². The molecule has 16 heavy (non-hydrogen) atoms. The molecule has 1 aliphatic carbocycles. The second kappa shape index (κ2) is 3.17. The quantitative estimate of drug-likeness (QED) is 0.564. The predicted octanol–water partition coefficient (Wildman–Crippen LogP) is 2.92. The first-order chi connectivity index (χ1) is 7.39. The van der Waals surface area contributed by atoms with E-state index in [1.807, 2.05) is 0 Å². The van der Waals surface area contributed by atoms with Crippen molar-refractivity contribution in [2.45, 2.75) is 11.6 Å². The monoisotopic (exact) mass is 230 g/mol. The number of alkyl halides is 3.